The van der Waals surface area contributed by atoms with E-state index in [2.05, 4.69) is 143 Å². The molecule has 0 aliphatic rings. The Morgan fingerprint density at radius 2 is 0.868 bits per heavy atom. The maximum absolute atomic E-state index is 6.07. The maximum Gasteiger partial charge on any atom is 0.136 e. The first-order valence-electron chi connectivity index (χ1n) is 12.7. The summed E-state index contributed by atoms with van der Waals surface area (Å²) in [4.78, 5) is 0. The minimum atomic E-state index is 0.898. The summed E-state index contributed by atoms with van der Waals surface area (Å²) < 4.78 is 7.12. The van der Waals surface area contributed by atoms with E-state index in [-0.39, 0.29) is 0 Å². The average molecular weight is 551 g/mol. The predicted molar refractivity (Wildman–Crippen MR) is 163 cm³/mol. The van der Waals surface area contributed by atoms with Crippen LogP contribution in [-0.4, -0.2) is 0 Å². The van der Waals surface area contributed by atoms with Crippen LogP contribution in [0.3, 0.4) is 0 Å². The highest BCUT2D eigenvalue weighted by Crippen LogP contribution is 2.37. The average Bonchev–Trinajstić information content (AvgIpc) is 3.37. The van der Waals surface area contributed by atoms with E-state index in [9.17, 15) is 0 Å². The predicted octanol–water partition coefficient (Wildman–Crippen LogP) is 11.0. The van der Waals surface area contributed by atoms with Gasteiger partial charge in [0.05, 0.1) is 0 Å². The van der Waals surface area contributed by atoms with Crippen molar-refractivity contribution in [3.8, 4) is 44.5 Å². The number of benzene rings is 6. The van der Waals surface area contributed by atoms with Crippen LogP contribution in [0.4, 0.5) is 0 Å². The van der Waals surface area contributed by atoms with Gasteiger partial charge in [-0.25, -0.2) is 0 Å². The lowest BCUT2D eigenvalue weighted by Crippen LogP contribution is -1.86. The van der Waals surface area contributed by atoms with Gasteiger partial charge in [-0.2, -0.15) is 0 Å². The molecule has 1 nitrogen and oxygen atoms in total. The fourth-order valence-electron chi connectivity index (χ4n) is 5.21. The molecule has 7 rings (SSSR count). The Bertz CT molecular complexity index is 1840. The Morgan fingerprint density at radius 3 is 1.45 bits per heavy atom. The van der Waals surface area contributed by atoms with Crippen LogP contribution in [0.1, 0.15) is 0 Å². The molecule has 0 amide bonds. The van der Waals surface area contributed by atoms with Crippen molar-refractivity contribution in [2.24, 2.45) is 0 Å². The van der Waals surface area contributed by atoms with Crippen LogP contribution < -0.4 is 0 Å². The highest BCUT2D eigenvalue weighted by Gasteiger charge is 2.12. The number of hydrogen-bond acceptors (Lipinski definition) is 1. The largest absolute Gasteiger partial charge is 0.456 e. The number of furan rings is 1. The summed E-state index contributed by atoms with van der Waals surface area (Å²) in [6.45, 7) is 0. The minimum Gasteiger partial charge on any atom is -0.456 e. The molecule has 0 saturated carbocycles. The van der Waals surface area contributed by atoms with E-state index >= 15 is 0 Å². The molecule has 1 heterocycles. The Balaban J connectivity index is 1.30. The van der Waals surface area contributed by atoms with Crippen molar-refractivity contribution in [2.75, 3.05) is 0 Å². The van der Waals surface area contributed by atoms with E-state index in [1.807, 2.05) is 12.1 Å². The van der Waals surface area contributed by atoms with Crippen molar-refractivity contribution in [2.45, 2.75) is 0 Å². The first-order chi connectivity index (χ1) is 18.7. The van der Waals surface area contributed by atoms with E-state index in [0.717, 1.165) is 26.4 Å². The first-order valence-corrected chi connectivity index (χ1v) is 13.5. The van der Waals surface area contributed by atoms with Crippen molar-refractivity contribution >= 4 is 37.9 Å². The van der Waals surface area contributed by atoms with Crippen LogP contribution in [0.15, 0.2) is 148 Å². The summed E-state index contributed by atoms with van der Waals surface area (Å²) in [6.07, 6.45) is 0. The van der Waals surface area contributed by atoms with Crippen LogP contribution in [0.5, 0.6) is 0 Å². The van der Waals surface area contributed by atoms with Crippen molar-refractivity contribution < 1.29 is 4.42 Å². The molecule has 7 aromatic rings. The highest BCUT2D eigenvalue weighted by molar-refractivity contribution is 9.10. The molecule has 2 heteroatoms. The molecular formula is C36H23BrO. The molecule has 0 radical (unpaired) electrons. The summed E-state index contributed by atoms with van der Waals surface area (Å²) in [5, 5.41) is 2.24. The molecule has 1 aromatic heterocycles. The molecule has 180 valence electrons. The smallest absolute Gasteiger partial charge is 0.136 e. The molecule has 0 aliphatic carbocycles. The molecule has 6 aromatic carbocycles. The quantitative estimate of drug-likeness (QED) is 0.212. The lowest BCUT2D eigenvalue weighted by molar-refractivity contribution is 0.669. The van der Waals surface area contributed by atoms with Gasteiger partial charge in [-0.15, -0.1) is 0 Å². The van der Waals surface area contributed by atoms with Gasteiger partial charge in [0.1, 0.15) is 11.2 Å². The Hall–Kier alpha value is -4.40. The van der Waals surface area contributed by atoms with Gasteiger partial charge >= 0.3 is 0 Å². The zero-order chi connectivity index (χ0) is 25.5. The molecule has 0 fully saturated rings. The van der Waals surface area contributed by atoms with Gasteiger partial charge in [-0.05, 0) is 87.0 Å². The van der Waals surface area contributed by atoms with Crippen molar-refractivity contribution in [1.82, 2.24) is 0 Å². The fourth-order valence-corrected chi connectivity index (χ4v) is 5.77. The van der Waals surface area contributed by atoms with E-state index in [1.54, 1.807) is 0 Å². The molecule has 38 heavy (non-hydrogen) atoms. The molecule has 0 unspecified atom stereocenters. The Morgan fingerprint density at radius 1 is 0.368 bits per heavy atom. The minimum absolute atomic E-state index is 0.898. The molecule has 0 saturated heterocycles. The van der Waals surface area contributed by atoms with Gasteiger partial charge in [-0.3, -0.25) is 0 Å². The van der Waals surface area contributed by atoms with Gasteiger partial charge in [0.15, 0.2) is 0 Å². The van der Waals surface area contributed by atoms with Crippen LogP contribution in [-0.2, 0) is 0 Å². The number of fused-ring (bicyclic) bond motifs is 3. The van der Waals surface area contributed by atoms with E-state index < -0.39 is 0 Å². The molecule has 0 atom stereocenters. The number of halogens is 1. The van der Waals surface area contributed by atoms with Crippen LogP contribution in [0.2, 0.25) is 0 Å². The zero-order valence-corrected chi connectivity index (χ0v) is 22.2. The standard InChI is InChI=1S/C36H23BrO/c37-33-12-7-13-35-36(33)32-23-28(18-19-34(32)38-35)26-14-16-27(17-15-26)31-21-29(24-8-3-1-4-9-24)20-30(22-31)25-10-5-2-6-11-25/h1-23H. The van der Waals surface area contributed by atoms with Gasteiger partial charge in [0.25, 0.3) is 0 Å². The van der Waals surface area contributed by atoms with Crippen LogP contribution in [0, 0.1) is 0 Å². The summed E-state index contributed by atoms with van der Waals surface area (Å²) in [6, 6.07) is 49.4. The van der Waals surface area contributed by atoms with Gasteiger partial charge in [-0.1, -0.05) is 113 Å². The lowest BCUT2D eigenvalue weighted by Gasteiger charge is -2.12. The first kappa shape index (κ1) is 22.8. The highest BCUT2D eigenvalue weighted by atomic mass is 79.9. The van der Waals surface area contributed by atoms with Gasteiger partial charge in [0.2, 0.25) is 0 Å². The van der Waals surface area contributed by atoms with Gasteiger partial charge in [0, 0.05) is 15.2 Å². The lowest BCUT2D eigenvalue weighted by atomic mass is 9.92. The molecule has 0 spiro atoms. The van der Waals surface area contributed by atoms with Crippen molar-refractivity contribution in [3.05, 3.63) is 144 Å². The monoisotopic (exact) mass is 550 g/mol. The Kier molecular flexibility index (Phi) is 5.68. The maximum atomic E-state index is 6.07. The molecule has 0 bridgehead atoms. The fraction of sp³-hybridized carbons (Fsp3) is 0. The van der Waals surface area contributed by atoms with Crippen LogP contribution in [0.25, 0.3) is 66.4 Å². The second-order valence-electron chi connectivity index (χ2n) is 9.53. The van der Waals surface area contributed by atoms with Crippen LogP contribution >= 0.6 is 15.9 Å². The normalized spacial score (nSPS) is 11.3. The third-order valence-electron chi connectivity index (χ3n) is 7.14. The molecule has 0 aliphatic heterocycles. The summed E-state index contributed by atoms with van der Waals surface area (Å²) >= 11 is 3.70. The van der Waals surface area contributed by atoms with E-state index in [0.29, 0.717) is 0 Å². The summed E-state index contributed by atoms with van der Waals surface area (Å²) in [7, 11) is 0. The van der Waals surface area contributed by atoms with E-state index in [4.69, 9.17) is 4.42 Å². The summed E-state index contributed by atoms with van der Waals surface area (Å²) in [5.74, 6) is 0. The third-order valence-corrected chi connectivity index (χ3v) is 7.80. The second-order valence-corrected chi connectivity index (χ2v) is 10.4. The second kappa shape index (κ2) is 9.48. The summed E-state index contributed by atoms with van der Waals surface area (Å²) in [5.41, 5.74) is 11.4. The SMILES string of the molecule is Brc1cccc2oc3ccc(-c4ccc(-c5cc(-c6ccccc6)cc(-c6ccccc6)c5)cc4)cc3c12. The van der Waals surface area contributed by atoms with Crippen molar-refractivity contribution in [1.29, 1.82) is 0 Å². The molecule has 0 N–H and O–H groups in total. The Labute approximate surface area is 230 Å². The molecular weight excluding hydrogens is 528 g/mol. The van der Waals surface area contributed by atoms with E-state index in [1.165, 1.54) is 44.5 Å². The number of hydrogen-bond donors (Lipinski definition) is 0. The van der Waals surface area contributed by atoms with Gasteiger partial charge < -0.3 is 4.42 Å². The topological polar surface area (TPSA) is 13.1 Å². The zero-order valence-electron chi connectivity index (χ0n) is 20.6. The third kappa shape index (κ3) is 4.13. The number of rotatable bonds is 4. The van der Waals surface area contributed by atoms with Crippen molar-refractivity contribution in [3.63, 3.8) is 0 Å².